The predicted octanol–water partition coefficient (Wildman–Crippen LogP) is 3.10. The van der Waals surface area contributed by atoms with Gasteiger partial charge in [-0.25, -0.2) is 0 Å². The molecule has 2 aromatic carbocycles. The van der Waals surface area contributed by atoms with Crippen LogP contribution in [-0.4, -0.2) is 19.6 Å². The molecule has 0 bridgehead atoms. The van der Waals surface area contributed by atoms with E-state index in [0.717, 1.165) is 32.4 Å². The van der Waals surface area contributed by atoms with Crippen molar-refractivity contribution in [1.29, 1.82) is 0 Å². The zero-order chi connectivity index (χ0) is 14.7. The molecular weight excluding hydrogens is 256 g/mol. The summed E-state index contributed by atoms with van der Waals surface area (Å²) in [5.74, 6) is 0. The number of nitrogens with two attached hydrogens (primary N) is 1. The lowest BCUT2D eigenvalue weighted by atomic mass is 10.0. The van der Waals surface area contributed by atoms with Gasteiger partial charge < -0.3 is 10.6 Å². The van der Waals surface area contributed by atoms with Crippen LogP contribution < -0.4 is 10.6 Å². The summed E-state index contributed by atoms with van der Waals surface area (Å²) in [6.07, 6.45) is 3.22. The molecular formula is C19H24N2. The first-order chi connectivity index (χ1) is 10.3. The van der Waals surface area contributed by atoms with E-state index in [-0.39, 0.29) is 0 Å². The molecule has 2 heteroatoms. The summed E-state index contributed by atoms with van der Waals surface area (Å²) in [5, 5.41) is 0. The van der Waals surface area contributed by atoms with Crippen molar-refractivity contribution < 1.29 is 0 Å². The van der Waals surface area contributed by atoms with Crippen molar-refractivity contribution in [1.82, 2.24) is 0 Å². The molecule has 21 heavy (non-hydrogen) atoms. The molecule has 0 aromatic heterocycles. The number of hydrogen-bond donors (Lipinski definition) is 1. The number of aryl methyl sites for hydroxylation is 1. The van der Waals surface area contributed by atoms with Gasteiger partial charge in [0.05, 0.1) is 0 Å². The van der Waals surface area contributed by atoms with Crippen LogP contribution >= 0.6 is 0 Å². The van der Waals surface area contributed by atoms with Crippen molar-refractivity contribution in [3.63, 3.8) is 0 Å². The zero-order valence-electron chi connectivity index (χ0n) is 12.8. The topological polar surface area (TPSA) is 29.3 Å². The summed E-state index contributed by atoms with van der Waals surface area (Å²) in [5.41, 5.74) is 12.9. The molecule has 0 radical (unpaired) electrons. The molecule has 0 spiro atoms. The van der Waals surface area contributed by atoms with E-state index in [9.17, 15) is 0 Å². The first kappa shape index (κ1) is 14.2. The van der Waals surface area contributed by atoms with Crippen molar-refractivity contribution in [2.75, 3.05) is 24.5 Å². The van der Waals surface area contributed by atoms with Crippen molar-refractivity contribution in [3.05, 3.63) is 64.7 Å². The highest BCUT2D eigenvalue weighted by molar-refractivity contribution is 5.56. The first-order valence-electron chi connectivity index (χ1n) is 7.89. The number of hydrogen-bond acceptors (Lipinski definition) is 2. The Kier molecular flexibility index (Phi) is 4.26. The van der Waals surface area contributed by atoms with Crippen molar-refractivity contribution in [2.45, 2.75) is 26.2 Å². The standard InChI is InChI=1S/C19H24N2/c1-15-6-7-19(18(14-15)8-11-20)21-12-9-16-4-2-3-5-17(16)10-13-21/h2-7,14H,8-13,20H2,1H3. The highest BCUT2D eigenvalue weighted by Crippen LogP contribution is 2.25. The molecule has 2 N–H and O–H groups in total. The normalized spacial score (nSPS) is 14.7. The molecule has 0 amide bonds. The van der Waals surface area contributed by atoms with E-state index >= 15 is 0 Å². The van der Waals surface area contributed by atoms with Gasteiger partial charge in [0.1, 0.15) is 0 Å². The Labute approximate surface area is 127 Å². The van der Waals surface area contributed by atoms with E-state index in [1.807, 2.05) is 0 Å². The smallest absolute Gasteiger partial charge is 0.0399 e. The van der Waals surface area contributed by atoms with E-state index in [1.165, 1.54) is 27.9 Å². The van der Waals surface area contributed by atoms with E-state index in [0.29, 0.717) is 6.54 Å². The maximum Gasteiger partial charge on any atom is 0.0399 e. The number of rotatable bonds is 3. The third kappa shape index (κ3) is 3.11. The molecule has 0 fully saturated rings. The molecule has 1 heterocycles. The molecule has 110 valence electrons. The molecule has 0 saturated carbocycles. The number of benzene rings is 2. The predicted molar refractivity (Wildman–Crippen MR) is 90.0 cm³/mol. The number of fused-ring (bicyclic) bond motifs is 1. The van der Waals surface area contributed by atoms with E-state index < -0.39 is 0 Å². The Balaban J connectivity index is 1.86. The van der Waals surface area contributed by atoms with Gasteiger partial charge in [-0.2, -0.15) is 0 Å². The maximum atomic E-state index is 5.79. The highest BCUT2D eigenvalue weighted by atomic mass is 15.1. The maximum absolute atomic E-state index is 5.79. The van der Waals surface area contributed by atoms with Crippen LogP contribution in [0.3, 0.4) is 0 Å². The van der Waals surface area contributed by atoms with Gasteiger partial charge >= 0.3 is 0 Å². The van der Waals surface area contributed by atoms with Gasteiger partial charge in [0, 0.05) is 18.8 Å². The van der Waals surface area contributed by atoms with Crippen molar-refractivity contribution >= 4 is 5.69 Å². The van der Waals surface area contributed by atoms with Gasteiger partial charge in [0.15, 0.2) is 0 Å². The summed E-state index contributed by atoms with van der Waals surface area (Å²) in [6, 6.07) is 15.6. The van der Waals surface area contributed by atoms with Gasteiger partial charge in [-0.05, 0) is 55.5 Å². The van der Waals surface area contributed by atoms with Crippen LogP contribution in [-0.2, 0) is 19.3 Å². The molecule has 0 unspecified atom stereocenters. The van der Waals surface area contributed by atoms with Crippen LogP contribution in [0.15, 0.2) is 42.5 Å². The fourth-order valence-corrected chi connectivity index (χ4v) is 3.29. The molecule has 1 aliphatic rings. The zero-order valence-corrected chi connectivity index (χ0v) is 12.8. The van der Waals surface area contributed by atoms with Gasteiger partial charge in [0.2, 0.25) is 0 Å². The minimum absolute atomic E-state index is 0.713. The summed E-state index contributed by atoms with van der Waals surface area (Å²) >= 11 is 0. The minimum Gasteiger partial charge on any atom is -0.371 e. The summed E-state index contributed by atoms with van der Waals surface area (Å²) in [6.45, 7) is 5.06. The van der Waals surface area contributed by atoms with Crippen molar-refractivity contribution in [2.24, 2.45) is 5.73 Å². The van der Waals surface area contributed by atoms with E-state index in [2.05, 4.69) is 54.3 Å². The van der Waals surface area contributed by atoms with Crippen LogP contribution in [0.4, 0.5) is 5.69 Å². The fourth-order valence-electron chi connectivity index (χ4n) is 3.29. The van der Waals surface area contributed by atoms with Crippen LogP contribution in [0.5, 0.6) is 0 Å². The first-order valence-corrected chi connectivity index (χ1v) is 7.89. The third-order valence-electron chi connectivity index (χ3n) is 4.41. The second-order valence-corrected chi connectivity index (χ2v) is 5.93. The Hall–Kier alpha value is -1.80. The quantitative estimate of drug-likeness (QED) is 0.936. The summed E-state index contributed by atoms with van der Waals surface area (Å²) in [4.78, 5) is 2.53. The third-order valence-corrected chi connectivity index (χ3v) is 4.41. The molecule has 0 saturated heterocycles. The molecule has 2 aromatic rings. The highest BCUT2D eigenvalue weighted by Gasteiger charge is 2.16. The molecule has 2 nitrogen and oxygen atoms in total. The molecule has 0 atom stereocenters. The second kappa shape index (κ2) is 6.31. The largest absolute Gasteiger partial charge is 0.371 e. The summed E-state index contributed by atoms with van der Waals surface area (Å²) in [7, 11) is 0. The lowest BCUT2D eigenvalue weighted by molar-refractivity contribution is 0.795. The Morgan fingerprint density at radius 1 is 1.00 bits per heavy atom. The van der Waals surface area contributed by atoms with Crippen molar-refractivity contribution in [3.8, 4) is 0 Å². The summed E-state index contributed by atoms with van der Waals surface area (Å²) < 4.78 is 0. The average molecular weight is 280 g/mol. The monoisotopic (exact) mass is 280 g/mol. The van der Waals surface area contributed by atoms with Crippen LogP contribution in [0.1, 0.15) is 22.3 Å². The Morgan fingerprint density at radius 3 is 2.29 bits per heavy atom. The second-order valence-electron chi connectivity index (χ2n) is 5.93. The molecule has 3 rings (SSSR count). The van der Waals surface area contributed by atoms with Crippen LogP contribution in [0.25, 0.3) is 0 Å². The van der Waals surface area contributed by atoms with Crippen LogP contribution in [0.2, 0.25) is 0 Å². The minimum atomic E-state index is 0.713. The molecule has 1 aliphatic heterocycles. The SMILES string of the molecule is Cc1ccc(N2CCc3ccccc3CC2)c(CCN)c1. The lowest BCUT2D eigenvalue weighted by Gasteiger charge is -2.26. The average Bonchev–Trinajstić information content (AvgIpc) is 2.71. The van der Waals surface area contributed by atoms with Gasteiger partial charge in [-0.1, -0.05) is 42.0 Å². The van der Waals surface area contributed by atoms with Gasteiger partial charge in [-0.3, -0.25) is 0 Å². The van der Waals surface area contributed by atoms with Crippen LogP contribution in [0, 0.1) is 6.92 Å². The van der Waals surface area contributed by atoms with E-state index in [4.69, 9.17) is 5.73 Å². The van der Waals surface area contributed by atoms with E-state index in [1.54, 1.807) is 0 Å². The van der Waals surface area contributed by atoms with Gasteiger partial charge in [-0.15, -0.1) is 0 Å². The Bertz CT molecular complexity index is 592. The molecule has 0 aliphatic carbocycles. The fraction of sp³-hybridized carbons (Fsp3) is 0.368. The lowest BCUT2D eigenvalue weighted by Crippen LogP contribution is -2.27. The Morgan fingerprint density at radius 2 is 1.67 bits per heavy atom. The number of nitrogens with zero attached hydrogens (tertiary/aromatic N) is 1. The van der Waals surface area contributed by atoms with Gasteiger partial charge in [0.25, 0.3) is 0 Å². The number of anilines is 1.